The summed E-state index contributed by atoms with van der Waals surface area (Å²) in [7, 11) is 0. The van der Waals surface area contributed by atoms with E-state index in [-0.39, 0.29) is 30.1 Å². The summed E-state index contributed by atoms with van der Waals surface area (Å²) in [5.74, 6) is 0.0273. The molecule has 0 spiro atoms. The maximum Gasteiger partial charge on any atom is 0.254 e. The largest absolute Gasteiger partial charge is 0.343 e. The number of piperidine rings is 1. The molecular weight excluding hydrogens is 414 g/mol. The van der Waals surface area contributed by atoms with Crippen LogP contribution in [-0.4, -0.2) is 56.3 Å². The van der Waals surface area contributed by atoms with Gasteiger partial charge in [0, 0.05) is 38.0 Å². The van der Waals surface area contributed by atoms with Crippen LogP contribution >= 0.6 is 11.3 Å². The van der Waals surface area contributed by atoms with Gasteiger partial charge in [0.15, 0.2) is 0 Å². The number of rotatable bonds is 5. The molecule has 0 aliphatic carbocycles. The molecule has 1 aromatic heterocycles. The second-order valence-electron chi connectivity index (χ2n) is 8.60. The fraction of sp³-hybridized carbons (Fsp3) is 0.500. The molecule has 1 N–H and O–H groups in total. The predicted octanol–water partition coefficient (Wildman–Crippen LogP) is 3.03. The minimum absolute atomic E-state index is 0.0177. The number of benzene rings is 1. The summed E-state index contributed by atoms with van der Waals surface area (Å²) in [6.07, 6.45) is 1.29. The summed E-state index contributed by atoms with van der Waals surface area (Å²) in [4.78, 5) is 41.7. The number of amides is 3. The molecule has 4 rings (SSSR count). The van der Waals surface area contributed by atoms with Gasteiger partial charge in [0.1, 0.15) is 5.01 Å². The van der Waals surface area contributed by atoms with Crippen molar-refractivity contribution in [1.82, 2.24) is 20.0 Å². The molecular formula is C22H27N5O3S. The zero-order valence-electron chi connectivity index (χ0n) is 18.1. The first-order chi connectivity index (χ1) is 14.8. The number of fused-ring (bicyclic) bond motifs is 1. The van der Waals surface area contributed by atoms with Gasteiger partial charge in [-0.05, 0) is 24.5 Å². The van der Waals surface area contributed by atoms with Crippen molar-refractivity contribution in [2.24, 2.45) is 0 Å². The highest BCUT2D eigenvalue weighted by Gasteiger charge is 2.47. The lowest BCUT2D eigenvalue weighted by Crippen LogP contribution is -2.57. The van der Waals surface area contributed by atoms with Crippen molar-refractivity contribution in [2.75, 3.05) is 18.4 Å². The number of hydrogen-bond donors (Lipinski definition) is 1. The first-order valence-corrected chi connectivity index (χ1v) is 11.4. The smallest absolute Gasteiger partial charge is 0.254 e. The van der Waals surface area contributed by atoms with Gasteiger partial charge in [0.25, 0.3) is 5.91 Å². The predicted molar refractivity (Wildman–Crippen MR) is 118 cm³/mol. The molecule has 0 radical (unpaired) electrons. The average molecular weight is 442 g/mol. The minimum atomic E-state index is -0.641. The fourth-order valence-corrected chi connectivity index (χ4v) is 5.16. The van der Waals surface area contributed by atoms with Crippen LogP contribution in [0.4, 0.5) is 5.13 Å². The molecule has 164 valence electrons. The summed E-state index contributed by atoms with van der Waals surface area (Å²) in [6, 6.07) is 7.58. The lowest BCUT2D eigenvalue weighted by molar-refractivity contribution is -0.131. The van der Waals surface area contributed by atoms with Crippen LogP contribution < -0.4 is 5.32 Å². The third kappa shape index (κ3) is 4.19. The van der Waals surface area contributed by atoms with E-state index in [4.69, 9.17) is 0 Å². The number of carbonyl (C=O) groups is 3. The van der Waals surface area contributed by atoms with E-state index < -0.39 is 5.54 Å². The maximum atomic E-state index is 13.2. The lowest BCUT2D eigenvalue weighted by Gasteiger charge is -2.47. The molecule has 3 amide bonds. The van der Waals surface area contributed by atoms with Crippen LogP contribution in [0.25, 0.3) is 0 Å². The Balaban J connectivity index is 1.55. The Morgan fingerprint density at radius 2 is 1.90 bits per heavy atom. The number of hydrogen-bond acceptors (Lipinski definition) is 6. The molecule has 0 atom stereocenters. The Labute approximate surface area is 185 Å². The normalized spacial score (nSPS) is 17.7. The Kier molecular flexibility index (Phi) is 5.79. The number of likely N-dealkylation sites (tertiary alicyclic amines) is 1. The van der Waals surface area contributed by atoms with Gasteiger partial charge in [-0.2, -0.15) is 0 Å². The Morgan fingerprint density at radius 1 is 1.19 bits per heavy atom. The standard InChI is InChI=1S/C22H27N5O3S/c1-14(2)19-24-25-21(31-19)23-18(29)12-22(8-10-26(11-9-22)15(3)28)27-13-16-6-4-5-7-17(16)20(27)30/h4-7,14H,8-13H2,1-3H3,(H,23,25,29). The molecule has 3 heterocycles. The number of nitrogens with one attached hydrogen (secondary N) is 1. The van der Waals surface area contributed by atoms with Gasteiger partial charge in [0.2, 0.25) is 16.9 Å². The molecule has 1 saturated heterocycles. The molecule has 9 heteroatoms. The minimum Gasteiger partial charge on any atom is -0.343 e. The van der Waals surface area contributed by atoms with E-state index >= 15 is 0 Å². The number of carbonyl (C=O) groups excluding carboxylic acids is 3. The van der Waals surface area contributed by atoms with E-state index in [9.17, 15) is 14.4 Å². The molecule has 0 saturated carbocycles. The highest BCUT2D eigenvalue weighted by molar-refractivity contribution is 7.15. The first kappa shape index (κ1) is 21.4. The quantitative estimate of drug-likeness (QED) is 0.770. The van der Waals surface area contributed by atoms with Gasteiger partial charge in [-0.15, -0.1) is 10.2 Å². The maximum absolute atomic E-state index is 13.2. The number of anilines is 1. The van der Waals surface area contributed by atoms with Crippen LogP contribution in [0.2, 0.25) is 0 Å². The van der Waals surface area contributed by atoms with Crippen molar-refractivity contribution in [1.29, 1.82) is 0 Å². The van der Waals surface area contributed by atoms with Gasteiger partial charge in [-0.3, -0.25) is 14.4 Å². The molecule has 1 aromatic carbocycles. The monoisotopic (exact) mass is 441 g/mol. The van der Waals surface area contributed by atoms with Crippen LogP contribution in [0.5, 0.6) is 0 Å². The van der Waals surface area contributed by atoms with E-state index in [1.54, 1.807) is 11.8 Å². The molecule has 31 heavy (non-hydrogen) atoms. The highest BCUT2D eigenvalue weighted by atomic mass is 32.1. The van der Waals surface area contributed by atoms with Gasteiger partial charge in [0.05, 0.1) is 12.0 Å². The van der Waals surface area contributed by atoms with Crippen molar-refractivity contribution in [3.05, 3.63) is 40.4 Å². The SMILES string of the molecule is CC(=O)N1CCC(CC(=O)Nc2nnc(C(C)C)s2)(N2Cc3ccccc3C2=O)CC1. The van der Waals surface area contributed by atoms with Crippen molar-refractivity contribution in [2.45, 2.75) is 58.0 Å². The van der Waals surface area contributed by atoms with Gasteiger partial charge in [-0.1, -0.05) is 43.4 Å². The molecule has 0 unspecified atom stereocenters. The lowest BCUT2D eigenvalue weighted by atomic mass is 9.82. The fourth-order valence-electron chi connectivity index (χ4n) is 4.40. The summed E-state index contributed by atoms with van der Waals surface area (Å²) >= 11 is 1.37. The van der Waals surface area contributed by atoms with E-state index in [2.05, 4.69) is 15.5 Å². The van der Waals surface area contributed by atoms with Crippen molar-refractivity contribution in [3.8, 4) is 0 Å². The number of aromatic nitrogens is 2. The topological polar surface area (TPSA) is 95.5 Å². The average Bonchev–Trinajstić information content (AvgIpc) is 3.33. The first-order valence-electron chi connectivity index (χ1n) is 10.6. The van der Waals surface area contributed by atoms with Crippen molar-refractivity contribution in [3.63, 3.8) is 0 Å². The zero-order valence-corrected chi connectivity index (χ0v) is 18.9. The Bertz CT molecular complexity index is 1010. The number of nitrogens with zero attached hydrogens (tertiary/aromatic N) is 4. The molecule has 2 aliphatic rings. The summed E-state index contributed by atoms with van der Waals surface area (Å²) < 4.78 is 0. The van der Waals surface area contributed by atoms with Crippen LogP contribution in [0.1, 0.15) is 66.9 Å². The van der Waals surface area contributed by atoms with Crippen LogP contribution in [0, 0.1) is 0 Å². The molecule has 8 nitrogen and oxygen atoms in total. The van der Waals surface area contributed by atoms with Crippen LogP contribution in [-0.2, 0) is 16.1 Å². The zero-order chi connectivity index (χ0) is 22.2. The van der Waals surface area contributed by atoms with Gasteiger partial charge in [-0.25, -0.2) is 0 Å². The van der Waals surface area contributed by atoms with E-state index in [0.717, 1.165) is 10.6 Å². The Morgan fingerprint density at radius 3 is 2.52 bits per heavy atom. The second-order valence-corrected chi connectivity index (χ2v) is 9.61. The Hall–Kier alpha value is -2.81. The third-order valence-electron chi connectivity index (χ3n) is 6.20. The van der Waals surface area contributed by atoms with Crippen LogP contribution in [0.15, 0.2) is 24.3 Å². The van der Waals surface area contributed by atoms with Gasteiger partial charge >= 0.3 is 0 Å². The summed E-state index contributed by atoms with van der Waals surface area (Å²) in [5.41, 5.74) is 1.03. The van der Waals surface area contributed by atoms with Crippen LogP contribution in [0.3, 0.4) is 0 Å². The third-order valence-corrected chi connectivity index (χ3v) is 7.34. The molecule has 1 fully saturated rings. The van der Waals surface area contributed by atoms with E-state index in [0.29, 0.717) is 43.2 Å². The highest BCUT2D eigenvalue weighted by Crippen LogP contribution is 2.39. The molecule has 0 bridgehead atoms. The van der Waals surface area contributed by atoms with E-state index in [1.165, 1.54) is 11.3 Å². The second kappa shape index (κ2) is 8.37. The van der Waals surface area contributed by atoms with Gasteiger partial charge < -0.3 is 15.1 Å². The van der Waals surface area contributed by atoms with Crippen molar-refractivity contribution >= 4 is 34.2 Å². The van der Waals surface area contributed by atoms with E-state index in [1.807, 2.05) is 43.0 Å². The molecule has 2 aliphatic heterocycles. The summed E-state index contributed by atoms with van der Waals surface area (Å²) in [5, 5.41) is 12.4. The molecule has 2 aromatic rings. The van der Waals surface area contributed by atoms with Crippen molar-refractivity contribution < 1.29 is 14.4 Å². The summed E-state index contributed by atoms with van der Waals surface area (Å²) in [6.45, 7) is 7.15.